The molecule has 1 fully saturated rings. The molecule has 0 spiro atoms. The molecule has 0 aliphatic heterocycles. The summed E-state index contributed by atoms with van der Waals surface area (Å²) >= 11 is 0. The van der Waals surface area contributed by atoms with Gasteiger partial charge in [-0.2, -0.15) is 0 Å². The van der Waals surface area contributed by atoms with Crippen molar-refractivity contribution in [1.29, 1.82) is 0 Å². The molecule has 0 aromatic heterocycles. The van der Waals surface area contributed by atoms with Gasteiger partial charge in [-0.15, -0.1) is 0 Å². The molecule has 0 N–H and O–H groups in total. The van der Waals surface area contributed by atoms with Crippen molar-refractivity contribution < 1.29 is 9.53 Å². The number of Topliss-reactive ketones (excluding diaryl/α,β-unsaturated/α-hetero) is 1. The van der Waals surface area contributed by atoms with Crippen LogP contribution in [0.1, 0.15) is 44.6 Å². The summed E-state index contributed by atoms with van der Waals surface area (Å²) < 4.78 is 5.13. The quantitative estimate of drug-likeness (QED) is 0.799. The molecule has 2 nitrogen and oxygen atoms in total. The molecule has 0 radical (unpaired) electrons. The molecule has 0 amide bonds. The van der Waals surface area contributed by atoms with Gasteiger partial charge in [-0.25, -0.2) is 0 Å². The Morgan fingerprint density at radius 2 is 2.00 bits per heavy atom. The van der Waals surface area contributed by atoms with Crippen molar-refractivity contribution in [2.24, 2.45) is 11.8 Å². The highest BCUT2D eigenvalue weighted by molar-refractivity contribution is 5.81. The summed E-state index contributed by atoms with van der Waals surface area (Å²) in [5.74, 6) is 2.38. The summed E-state index contributed by atoms with van der Waals surface area (Å²) in [5, 5.41) is 0. The number of ether oxygens (including phenoxy) is 1. The minimum atomic E-state index is 0.321. The van der Waals surface area contributed by atoms with E-state index in [4.69, 9.17) is 4.74 Å². The van der Waals surface area contributed by atoms with Gasteiger partial charge in [0.25, 0.3) is 0 Å². The van der Waals surface area contributed by atoms with Crippen LogP contribution in [0.5, 0.6) is 5.75 Å². The van der Waals surface area contributed by atoms with Crippen molar-refractivity contribution in [3.8, 4) is 5.75 Å². The van der Waals surface area contributed by atoms with E-state index in [0.29, 0.717) is 18.1 Å². The molecule has 0 heterocycles. The highest BCUT2D eigenvalue weighted by atomic mass is 16.5. The number of methoxy groups -OCH3 is 1. The predicted molar refractivity (Wildman–Crippen MR) is 77.4 cm³/mol. The van der Waals surface area contributed by atoms with E-state index in [-0.39, 0.29) is 0 Å². The zero-order valence-electron chi connectivity index (χ0n) is 12.0. The summed E-state index contributed by atoms with van der Waals surface area (Å²) in [7, 11) is 1.67. The molecule has 2 rings (SSSR count). The first-order valence-electron chi connectivity index (χ1n) is 7.34. The normalized spacial score (nSPS) is 23.1. The van der Waals surface area contributed by atoms with Gasteiger partial charge in [-0.3, -0.25) is 4.79 Å². The summed E-state index contributed by atoms with van der Waals surface area (Å²) in [6.07, 6.45) is 6.26. The van der Waals surface area contributed by atoms with Crippen LogP contribution in [0.3, 0.4) is 0 Å². The van der Waals surface area contributed by atoms with Crippen LogP contribution in [-0.4, -0.2) is 12.9 Å². The molecule has 104 valence electrons. The van der Waals surface area contributed by atoms with E-state index in [2.05, 4.69) is 19.1 Å². The average molecular weight is 260 g/mol. The third-order valence-corrected chi connectivity index (χ3v) is 4.21. The molecule has 0 saturated heterocycles. The molecular formula is C17H24O2. The van der Waals surface area contributed by atoms with Crippen LogP contribution >= 0.6 is 0 Å². The third kappa shape index (κ3) is 4.09. The molecule has 1 aromatic rings. The minimum absolute atomic E-state index is 0.321. The standard InChI is InChI=1S/C17H24O2/c1-13-4-3-5-15(12-13)17(18)11-8-14-6-9-16(19-2)10-7-14/h6-7,9-10,13,15H,3-5,8,11-12H2,1-2H3. The first-order valence-corrected chi connectivity index (χ1v) is 7.34. The monoisotopic (exact) mass is 260 g/mol. The first kappa shape index (κ1) is 14.1. The van der Waals surface area contributed by atoms with Crippen LogP contribution in [0.4, 0.5) is 0 Å². The van der Waals surface area contributed by atoms with Gasteiger partial charge in [-0.05, 0) is 42.9 Å². The van der Waals surface area contributed by atoms with Gasteiger partial charge in [-0.1, -0.05) is 31.9 Å². The van der Waals surface area contributed by atoms with E-state index in [9.17, 15) is 4.79 Å². The van der Waals surface area contributed by atoms with Crippen LogP contribution < -0.4 is 4.74 Å². The van der Waals surface area contributed by atoms with E-state index < -0.39 is 0 Å². The zero-order valence-corrected chi connectivity index (χ0v) is 12.0. The van der Waals surface area contributed by atoms with E-state index in [1.54, 1.807) is 7.11 Å². The lowest BCUT2D eigenvalue weighted by atomic mass is 9.79. The van der Waals surface area contributed by atoms with Crippen LogP contribution in [0, 0.1) is 11.8 Å². The van der Waals surface area contributed by atoms with Crippen LogP contribution in [0.25, 0.3) is 0 Å². The Hall–Kier alpha value is -1.31. The van der Waals surface area contributed by atoms with Gasteiger partial charge in [0.05, 0.1) is 7.11 Å². The lowest BCUT2D eigenvalue weighted by Gasteiger charge is -2.25. The SMILES string of the molecule is COc1ccc(CCC(=O)C2CCCC(C)C2)cc1. The maximum Gasteiger partial charge on any atom is 0.136 e. The Balaban J connectivity index is 1.82. The number of benzene rings is 1. The van der Waals surface area contributed by atoms with Gasteiger partial charge >= 0.3 is 0 Å². The van der Waals surface area contributed by atoms with Gasteiger partial charge in [0, 0.05) is 12.3 Å². The Labute approximate surface area is 116 Å². The van der Waals surface area contributed by atoms with E-state index >= 15 is 0 Å². The van der Waals surface area contributed by atoms with E-state index in [1.807, 2.05) is 12.1 Å². The topological polar surface area (TPSA) is 26.3 Å². The van der Waals surface area contributed by atoms with Gasteiger partial charge < -0.3 is 4.74 Å². The van der Waals surface area contributed by atoms with Gasteiger partial charge in [0.2, 0.25) is 0 Å². The molecular weight excluding hydrogens is 236 g/mol. The second-order valence-corrected chi connectivity index (χ2v) is 5.78. The number of hydrogen-bond donors (Lipinski definition) is 0. The molecule has 1 aliphatic rings. The lowest BCUT2D eigenvalue weighted by molar-refractivity contribution is -0.124. The average Bonchev–Trinajstić information content (AvgIpc) is 2.45. The van der Waals surface area contributed by atoms with E-state index in [1.165, 1.54) is 18.4 Å². The second kappa shape index (κ2) is 6.74. The maximum atomic E-state index is 12.2. The summed E-state index contributed by atoms with van der Waals surface area (Å²) in [6, 6.07) is 8.02. The number of carbonyl (C=O) groups excluding carboxylic acids is 1. The number of carbonyl (C=O) groups is 1. The molecule has 2 atom stereocenters. The van der Waals surface area contributed by atoms with Crippen molar-refractivity contribution in [3.63, 3.8) is 0 Å². The lowest BCUT2D eigenvalue weighted by Crippen LogP contribution is -2.22. The van der Waals surface area contributed by atoms with Crippen LogP contribution in [-0.2, 0) is 11.2 Å². The third-order valence-electron chi connectivity index (χ3n) is 4.21. The van der Waals surface area contributed by atoms with Crippen molar-refractivity contribution in [2.45, 2.75) is 45.4 Å². The largest absolute Gasteiger partial charge is 0.497 e. The minimum Gasteiger partial charge on any atom is -0.497 e. The summed E-state index contributed by atoms with van der Waals surface area (Å²) in [6.45, 7) is 2.27. The number of ketones is 1. The molecule has 1 saturated carbocycles. The number of aryl methyl sites for hydroxylation is 1. The van der Waals surface area contributed by atoms with Gasteiger partial charge in [0.15, 0.2) is 0 Å². The Bertz CT molecular complexity index is 408. The smallest absolute Gasteiger partial charge is 0.136 e. The number of hydrogen-bond acceptors (Lipinski definition) is 2. The zero-order chi connectivity index (χ0) is 13.7. The van der Waals surface area contributed by atoms with Crippen LogP contribution in [0.15, 0.2) is 24.3 Å². The fraction of sp³-hybridized carbons (Fsp3) is 0.588. The maximum absolute atomic E-state index is 12.2. The Kier molecular flexibility index (Phi) is 5.00. The second-order valence-electron chi connectivity index (χ2n) is 5.78. The fourth-order valence-electron chi connectivity index (χ4n) is 2.99. The van der Waals surface area contributed by atoms with Crippen molar-refractivity contribution in [3.05, 3.63) is 29.8 Å². The fourth-order valence-corrected chi connectivity index (χ4v) is 2.99. The van der Waals surface area contributed by atoms with E-state index in [0.717, 1.165) is 30.9 Å². The first-order chi connectivity index (χ1) is 9.19. The predicted octanol–water partition coefficient (Wildman–Crippen LogP) is 4.02. The Morgan fingerprint density at radius 1 is 1.26 bits per heavy atom. The summed E-state index contributed by atoms with van der Waals surface area (Å²) in [4.78, 5) is 12.2. The molecule has 2 heteroatoms. The Morgan fingerprint density at radius 3 is 2.63 bits per heavy atom. The van der Waals surface area contributed by atoms with Crippen molar-refractivity contribution >= 4 is 5.78 Å². The number of rotatable bonds is 5. The molecule has 1 aliphatic carbocycles. The van der Waals surface area contributed by atoms with Crippen LogP contribution in [0.2, 0.25) is 0 Å². The van der Waals surface area contributed by atoms with Crippen molar-refractivity contribution in [2.75, 3.05) is 7.11 Å². The summed E-state index contributed by atoms with van der Waals surface area (Å²) in [5.41, 5.74) is 1.22. The van der Waals surface area contributed by atoms with Gasteiger partial charge in [0.1, 0.15) is 11.5 Å². The highest BCUT2D eigenvalue weighted by Gasteiger charge is 2.24. The van der Waals surface area contributed by atoms with Crippen molar-refractivity contribution in [1.82, 2.24) is 0 Å². The molecule has 19 heavy (non-hydrogen) atoms. The highest BCUT2D eigenvalue weighted by Crippen LogP contribution is 2.30. The molecule has 0 bridgehead atoms. The molecule has 2 unspecified atom stereocenters. The molecule has 1 aromatic carbocycles.